The van der Waals surface area contributed by atoms with Gasteiger partial charge in [0.05, 0.1) is 17.3 Å². The number of anilines is 3. The SMILES string of the molecule is N#Cc1ccc(Nc2c(F)cc(N)cc2F)c(Br)c1. The standard InChI is InChI=1S/C13H8BrF2N3/c14-9-3-7(6-17)1-2-12(9)19-13-10(15)4-8(18)5-11(13)16/h1-5,19H,18H2. The van der Waals surface area contributed by atoms with Crippen LogP contribution >= 0.6 is 15.9 Å². The highest BCUT2D eigenvalue weighted by molar-refractivity contribution is 9.10. The summed E-state index contributed by atoms with van der Waals surface area (Å²) in [6.07, 6.45) is 0. The van der Waals surface area contributed by atoms with Crippen LogP contribution in [0.2, 0.25) is 0 Å². The van der Waals surface area contributed by atoms with Crippen LogP contribution in [0.4, 0.5) is 25.8 Å². The molecule has 0 aromatic heterocycles. The smallest absolute Gasteiger partial charge is 0.151 e. The summed E-state index contributed by atoms with van der Waals surface area (Å²) in [6, 6.07) is 8.67. The summed E-state index contributed by atoms with van der Waals surface area (Å²) in [5.41, 5.74) is 5.94. The van der Waals surface area contributed by atoms with Crippen molar-refractivity contribution in [1.82, 2.24) is 0 Å². The van der Waals surface area contributed by atoms with E-state index in [1.807, 2.05) is 6.07 Å². The minimum absolute atomic E-state index is 0.0134. The maximum Gasteiger partial charge on any atom is 0.151 e. The molecule has 0 fully saturated rings. The van der Waals surface area contributed by atoms with E-state index in [-0.39, 0.29) is 11.4 Å². The molecule has 2 aromatic carbocycles. The number of hydrogen-bond donors (Lipinski definition) is 2. The first-order valence-corrected chi connectivity index (χ1v) is 6.01. The van der Waals surface area contributed by atoms with E-state index in [1.54, 1.807) is 18.2 Å². The number of nitrogen functional groups attached to an aromatic ring is 1. The molecule has 19 heavy (non-hydrogen) atoms. The van der Waals surface area contributed by atoms with Crippen LogP contribution in [0.25, 0.3) is 0 Å². The molecule has 0 aliphatic rings. The third kappa shape index (κ3) is 2.83. The molecule has 3 nitrogen and oxygen atoms in total. The molecule has 0 saturated carbocycles. The van der Waals surface area contributed by atoms with Gasteiger partial charge in [0.2, 0.25) is 0 Å². The Bertz CT molecular complexity index is 657. The molecule has 6 heteroatoms. The summed E-state index contributed by atoms with van der Waals surface area (Å²) in [4.78, 5) is 0. The predicted octanol–water partition coefficient (Wildman–Crippen LogP) is 3.92. The van der Waals surface area contributed by atoms with Crippen LogP contribution < -0.4 is 11.1 Å². The van der Waals surface area contributed by atoms with Gasteiger partial charge in [0, 0.05) is 10.2 Å². The van der Waals surface area contributed by atoms with Crippen LogP contribution in [0.15, 0.2) is 34.8 Å². The summed E-state index contributed by atoms with van der Waals surface area (Å²) in [5.74, 6) is -1.57. The summed E-state index contributed by atoms with van der Waals surface area (Å²) in [7, 11) is 0. The fourth-order valence-corrected chi connectivity index (χ4v) is 2.01. The zero-order valence-corrected chi connectivity index (χ0v) is 11.1. The molecule has 2 rings (SSSR count). The largest absolute Gasteiger partial charge is 0.399 e. The van der Waals surface area contributed by atoms with Crippen molar-refractivity contribution in [2.75, 3.05) is 11.1 Å². The Morgan fingerprint density at radius 1 is 1.16 bits per heavy atom. The van der Waals surface area contributed by atoms with Crippen LogP contribution in [0.5, 0.6) is 0 Å². The molecular formula is C13H8BrF2N3. The van der Waals surface area contributed by atoms with Crippen molar-refractivity contribution >= 4 is 33.0 Å². The van der Waals surface area contributed by atoms with Gasteiger partial charge in [0.15, 0.2) is 11.6 Å². The quantitative estimate of drug-likeness (QED) is 0.823. The van der Waals surface area contributed by atoms with Crippen molar-refractivity contribution in [1.29, 1.82) is 5.26 Å². The maximum absolute atomic E-state index is 13.6. The molecule has 0 heterocycles. The van der Waals surface area contributed by atoms with Gasteiger partial charge in [-0.25, -0.2) is 8.78 Å². The highest BCUT2D eigenvalue weighted by Gasteiger charge is 2.12. The van der Waals surface area contributed by atoms with Crippen molar-refractivity contribution in [2.24, 2.45) is 0 Å². The predicted molar refractivity (Wildman–Crippen MR) is 72.9 cm³/mol. The van der Waals surface area contributed by atoms with E-state index >= 15 is 0 Å². The van der Waals surface area contributed by atoms with Gasteiger partial charge in [-0.3, -0.25) is 0 Å². The van der Waals surface area contributed by atoms with E-state index < -0.39 is 11.6 Å². The lowest BCUT2D eigenvalue weighted by Crippen LogP contribution is -2.00. The molecule has 0 spiro atoms. The van der Waals surface area contributed by atoms with E-state index in [9.17, 15) is 8.78 Å². The molecule has 0 amide bonds. The third-order valence-electron chi connectivity index (χ3n) is 2.42. The van der Waals surface area contributed by atoms with Gasteiger partial charge in [0.1, 0.15) is 5.69 Å². The van der Waals surface area contributed by atoms with Crippen LogP contribution in [0, 0.1) is 23.0 Å². The summed E-state index contributed by atoms with van der Waals surface area (Å²) in [5, 5.41) is 11.4. The zero-order valence-electron chi connectivity index (χ0n) is 9.55. The third-order valence-corrected chi connectivity index (χ3v) is 3.08. The Balaban J connectivity index is 2.40. The maximum atomic E-state index is 13.6. The fraction of sp³-hybridized carbons (Fsp3) is 0. The van der Waals surface area contributed by atoms with Gasteiger partial charge in [-0.2, -0.15) is 5.26 Å². The second kappa shape index (κ2) is 5.24. The molecule has 0 saturated heterocycles. The molecule has 0 unspecified atom stereocenters. The number of benzene rings is 2. The van der Waals surface area contributed by atoms with E-state index in [1.165, 1.54) is 0 Å². The molecule has 96 valence electrons. The highest BCUT2D eigenvalue weighted by Crippen LogP contribution is 2.30. The monoisotopic (exact) mass is 323 g/mol. The van der Waals surface area contributed by atoms with Gasteiger partial charge < -0.3 is 11.1 Å². The lowest BCUT2D eigenvalue weighted by molar-refractivity contribution is 0.592. The highest BCUT2D eigenvalue weighted by atomic mass is 79.9. The minimum Gasteiger partial charge on any atom is -0.399 e. The number of rotatable bonds is 2. The molecule has 3 N–H and O–H groups in total. The Labute approximate surface area is 116 Å². The molecule has 0 bridgehead atoms. The Morgan fingerprint density at radius 3 is 2.32 bits per heavy atom. The molecule has 0 atom stereocenters. The number of halogens is 3. The Kier molecular flexibility index (Phi) is 3.67. The molecule has 2 aromatic rings. The van der Waals surface area contributed by atoms with Crippen LogP contribution in [-0.2, 0) is 0 Å². The van der Waals surface area contributed by atoms with Crippen molar-refractivity contribution in [3.63, 3.8) is 0 Å². The normalized spacial score (nSPS) is 10.0. The average molecular weight is 324 g/mol. The van der Waals surface area contributed by atoms with Crippen molar-refractivity contribution in [3.8, 4) is 6.07 Å². The molecule has 0 radical (unpaired) electrons. The Morgan fingerprint density at radius 2 is 1.79 bits per heavy atom. The number of nitriles is 1. The molecule has 0 aliphatic carbocycles. The Hall–Kier alpha value is -2.13. The number of hydrogen-bond acceptors (Lipinski definition) is 3. The second-order valence-corrected chi connectivity index (χ2v) is 4.65. The topological polar surface area (TPSA) is 61.8 Å². The zero-order chi connectivity index (χ0) is 14.0. The second-order valence-electron chi connectivity index (χ2n) is 3.79. The lowest BCUT2D eigenvalue weighted by atomic mass is 10.2. The van der Waals surface area contributed by atoms with E-state index in [0.29, 0.717) is 15.7 Å². The van der Waals surface area contributed by atoms with Crippen molar-refractivity contribution < 1.29 is 8.78 Å². The van der Waals surface area contributed by atoms with Crippen molar-refractivity contribution in [2.45, 2.75) is 0 Å². The lowest BCUT2D eigenvalue weighted by Gasteiger charge is -2.11. The summed E-state index contributed by atoms with van der Waals surface area (Å²) >= 11 is 3.23. The first kappa shape index (κ1) is 13.3. The number of nitrogens with one attached hydrogen (secondary N) is 1. The van der Waals surface area contributed by atoms with E-state index in [4.69, 9.17) is 11.0 Å². The average Bonchev–Trinajstić information content (AvgIpc) is 2.35. The van der Waals surface area contributed by atoms with E-state index in [0.717, 1.165) is 12.1 Å². The van der Waals surface area contributed by atoms with Gasteiger partial charge in [-0.1, -0.05) is 0 Å². The van der Waals surface area contributed by atoms with Crippen LogP contribution in [0.3, 0.4) is 0 Å². The summed E-state index contributed by atoms with van der Waals surface area (Å²) in [6.45, 7) is 0. The first-order valence-electron chi connectivity index (χ1n) is 5.22. The summed E-state index contributed by atoms with van der Waals surface area (Å²) < 4.78 is 27.8. The molecule has 0 aliphatic heterocycles. The van der Waals surface area contributed by atoms with Crippen molar-refractivity contribution in [3.05, 3.63) is 52.0 Å². The van der Waals surface area contributed by atoms with E-state index in [2.05, 4.69) is 21.2 Å². The van der Waals surface area contributed by atoms with Gasteiger partial charge in [-0.05, 0) is 46.3 Å². The van der Waals surface area contributed by atoms with Crippen LogP contribution in [-0.4, -0.2) is 0 Å². The minimum atomic E-state index is -0.784. The first-order chi connectivity index (χ1) is 9.01. The molecular weight excluding hydrogens is 316 g/mol. The van der Waals surface area contributed by atoms with Gasteiger partial charge in [0.25, 0.3) is 0 Å². The number of nitrogens with zero attached hydrogens (tertiary/aromatic N) is 1. The fourth-order valence-electron chi connectivity index (χ4n) is 1.53. The number of nitrogens with two attached hydrogens (primary N) is 1. The van der Waals surface area contributed by atoms with Crippen LogP contribution in [0.1, 0.15) is 5.56 Å². The van der Waals surface area contributed by atoms with Gasteiger partial charge in [-0.15, -0.1) is 0 Å². The van der Waals surface area contributed by atoms with Gasteiger partial charge >= 0.3 is 0 Å².